The zero-order valence-corrected chi connectivity index (χ0v) is 11.5. The summed E-state index contributed by atoms with van der Waals surface area (Å²) in [6.07, 6.45) is 1.11. The molecule has 1 atom stereocenters. The van der Waals surface area contributed by atoms with Crippen LogP contribution in [0.15, 0.2) is 35.7 Å². The van der Waals surface area contributed by atoms with Crippen LogP contribution in [-0.4, -0.2) is 0 Å². The Kier molecular flexibility index (Phi) is 3.85. The topological polar surface area (TPSA) is 12.0 Å². The van der Waals surface area contributed by atoms with Gasteiger partial charge in [0.05, 0.1) is 6.04 Å². The predicted octanol–water partition coefficient (Wildman–Crippen LogP) is 4.93. The molecule has 90 valence electrons. The highest BCUT2D eigenvalue weighted by molar-refractivity contribution is 7.10. The van der Waals surface area contributed by atoms with E-state index in [1.807, 2.05) is 11.3 Å². The van der Waals surface area contributed by atoms with Crippen molar-refractivity contribution in [1.29, 1.82) is 0 Å². The minimum atomic E-state index is 0.426. The van der Waals surface area contributed by atoms with Crippen molar-refractivity contribution in [3.8, 4) is 0 Å². The van der Waals surface area contributed by atoms with Crippen LogP contribution in [0.4, 0.5) is 5.69 Å². The number of rotatable bonds is 4. The minimum absolute atomic E-state index is 0.426. The molecule has 0 bridgehead atoms. The first kappa shape index (κ1) is 12.2. The molecule has 0 aliphatic carbocycles. The molecule has 0 aliphatic rings. The standard InChI is InChI=1S/C15H19NS/c1-4-13(15-9-6-10-17-15)16-14-8-5-7-11(2)12(14)3/h5-10,13,16H,4H2,1-3H3. The van der Waals surface area contributed by atoms with Crippen LogP contribution < -0.4 is 5.32 Å². The number of benzene rings is 1. The number of aryl methyl sites for hydroxylation is 1. The lowest BCUT2D eigenvalue weighted by Crippen LogP contribution is -2.09. The molecule has 0 radical (unpaired) electrons. The van der Waals surface area contributed by atoms with Crippen LogP contribution in [0.2, 0.25) is 0 Å². The molecule has 0 fully saturated rings. The van der Waals surface area contributed by atoms with Gasteiger partial charge in [-0.25, -0.2) is 0 Å². The third-order valence-corrected chi connectivity index (χ3v) is 4.22. The third kappa shape index (κ3) is 2.70. The molecule has 0 aliphatic heterocycles. The van der Waals surface area contributed by atoms with Gasteiger partial charge in [0.2, 0.25) is 0 Å². The Bertz CT molecular complexity index is 474. The van der Waals surface area contributed by atoms with Gasteiger partial charge in [0.15, 0.2) is 0 Å². The number of nitrogens with one attached hydrogen (secondary N) is 1. The lowest BCUT2D eigenvalue weighted by Gasteiger charge is -2.19. The van der Waals surface area contributed by atoms with Crippen molar-refractivity contribution in [2.24, 2.45) is 0 Å². The van der Waals surface area contributed by atoms with Crippen molar-refractivity contribution < 1.29 is 0 Å². The van der Waals surface area contributed by atoms with E-state index in [1.165, 1.54) is 21.7 Å². The molecular formula is C15H19NS. The van der Waals surface area contributed by atoms with Crippen molar-refractivity contribution >= 4 is 17.0 Å². The van der Waals surface area contributed by atoms with Crippen molar-refractivity contribution in [2.45, 2.75) is 33.2 Å². The van der Waals surface area contributed by atoms with Gasteiger partial charge in [-0.1, -0.05) is 25.1 Å². The molecule has 0 saturated heterocycles. The number of anilines is 1. The Morgan fingerprint density at radius 1 is 1.18 bits per heavy atom. The highest BCUT2D eigenvalue weighted by Crippen LogP contribution is 2.28. The van der Waals surface area contributed by atoms with Crippen LogP contribution in [0.5, 0.6) is 0 Å². The van der Waals surface area contributed by atoms with E-state index in [-0.39, 0.29) is 0 Å². The van der Waals surface area contributed by atoms with Crippen LogP contribution in [0.25, 0.3) is 0 Å². The Morgan fingerprint density at radius 2 is 2.00 bits per heavy atom. The summed E-state index contributed by atoms with van der Waals surface area (Å²) in [4.78, 5) is 1.41. The van der Waals surface area contributed by atoms with Crippen LogP contribution in [-0.2, 0) is 0 Å². The summed E-state index contributed by atoms with van der Waals surface area (Å²) in [5.74, 6) is 0. The van der Waals surface area contributed by atoms with Gasteiger partial charge in [0.1, 0.15) is 0 Å². The molecule has 1 heterocycles. The fraction of sp³-hybridized carbons (Fsp3) is 0.333. The average molecular weight is 245 g/mol. The summed E-state index contributed by atoms with van der Waals surface area (Å²) in [7, 11) is 0. The fourth-order valence-corrected chi connectivity index (χ4v) is 2.82. The molecule has 1 N–H and O–H groups in total. The lowest BCUT2D eigenvalue weighted by molar-refractivity contribution is 0.762. The first-order valence-electron chi connectivity index (χ1n) is 6.08. The highest BCUT2D eigenvalue weighted by Gasteiger charge is 2.11. The van der Waals surface area contributed by atoms with Crippen LogP contribution in [0, 0.1) is 13.8 Å². The van der Waals surface area contributed by atoms with Gasteiger partial charge in [-0.05, 0) is 48.9 Å². The van der Waals surface area contributed by atoms with Crippen molar-refractivity contribution in [1.82, 2.24) is 0 Å². The largest absolute Gasteiger partial charge is 0.377 e. The summed E-state index contributed by atoms with van der Waals surface area (Å²) in [6.45, 7) is 6.56. The van der Waals surface area contributed by atoms with Gasteiger partial charge in [-0.15, -0.1) is 11.3 Å². The van der Waals surface area contributed by atoms with Gasteiger partial charge in [0, 0.05) is 10.6 Å². The summed E-state index contributed by atoms with van der Waals surface area (Å²) >= 11 is 1.82. The van der Waals surface area contributed by atoms with E-state index in [1.54, 1.807) is 0 Å². The summed E-state index contributed by atoms with van der Waals surface area (Å²) in [6, 6.07) is 11.2. The van der Waals surface area contributed by atoms with Gasteiger partial charge in [0.25, 0.3) is 0 Å². The predicted molar refractivity (Wildman–Crippen MR) is 76.9 cm³/mol. The molecule has 1 aromatic heterocycles. The van der Waals surface area contributed by atoms with E-state index >= 15 is 0 Å². The molecule has 2 aromatic rings. The monoisotopic (exact) mass is 245 g/mol. The molecule has 0 saturated carbocycles. The summed E-state index contributed by atoms with van der Waals surface area (Å²) in [5, 5.41) is 5.79. The highest BCUT2D eigenvalue weighted by atomic mass is 32.1. The average Bonchev–Trinajstić information content (AvgIpc) is 2.85. The Labute approximate surface area is 108 Å². The zero-order valence-electron chi connectivity index (χ0n) is 10.7. The minimum Gasteiger partial charge on any atom is -0.377 e. The van der Waals surface area contributed by atoms with E-state index in [0.717, 1.165) is 6.42 Å². The van der Waals surface area contributed by atoms with E-state index in [0.29, 0.717) is 6.04 Å². The molecule has 1 aromatic carbocycles. The number of hydrogen-bond acceptors (Lipinski definition) is 2. The van der Waals surface area contributed by atoms with Crippen LogP contribution in [0.3, 0.4) is 0 Å². The molecule has 0 amide bonds. The normalized spacial score (nSPS) is 12.4. The molecule has 2 heteroatoms. The fourth-order valence-electron chi connectivity index (χ4n) is 1.96. The molecule has 1 unspecified atom stereocenters. The second-order valence-corrected chi connectivity index (χ2v) is 5.35. The molecular weight excluding hydrogens is 226 g/mol. The zero-order chi connectivity index (χ0) is 12.3. The van der Waals surface area contributed by atoms with Crippen LogP contribution >= 0.6 is 11.3 Å². The third-order valence-electron chi connectivity index (χ3n) is 3.23. The lowest BCUT2D eigenvalue weighted by atomic mass is 10.1. The maximum absolute atomic E-state index is 3.65. The molecule has 0 spiro atoms. The maximum Gasteiger partial charge on any atom is 0.0604 e. The van der Waals surface area contributed by atoms with Gasteiger partial charge in [-0.2, -0.15) is 0 Å². The van der Waals surface area contributed by atoms with Gasteiger partial charge >= 0.3 is 0 Å². The first-order valence-corrected chi connectivity index (χ1v) is 6.96. The van der Waals surface area contributed by atoms with Gasteiger partial charge in [-0.3, -0.25) is 0 Å². The second-order valence-electron chi connectivity index (χ2n) is 4.37. The second kappa shape index (κ2) is 5.37. The Hall–Kier alpha value is -1.28. The quantitative estimate of drug-likeness (QED) is 0.805. The first-order chi connectivity index (χ1) is 8.22. The van der Waals surface area contributed by atoms with Crippen molar-refractivity contribution in [2.75, 3.05) is 5.32 Å². The smallest absolute Gasteiger partial charge is 0.0604 e. The molecule has 1 nitrogen and oxygen atoms in total. The molecule has 17 heavy (non-hydrogen) atoms. The molecule has 2 rings (SSSR count). The van der Waals surface area contributed by atoms with Crippen molar-refractivity contribution in [3.63, 3.8) is 0 Å². The van der Waals surface area contributed by atoms with Crippen molar-refractivity contribution in [3.05, 3.63) is 51.7 Å². The summed E-state index contributed by atoms with van der Waals surface area (Å²) < 4.78 is 0. The van der Waals surface area contributed by atoms with E-state index in [2.05, 4.69) is 61.8 Å². The Morgan fingerprint density at radius 3 is 2.65 bits per heavy atom. The number of hydrogen-bond donors (Lipinski definition) is 1. The van der Waals surface area contributed by atoms with E-state index in [9.17, 15) is 0 Å². The van der Waals surface area contributed by atoms with Gasteiger partial charge < -0.3 is 5.32 Å². The number of thiophene rings is 1. The van der Waals surface area contributed by atoms with Crippen LogP contribution in [0.1, 0.15) is 35.4 Å². The van der Waals surface area contributed by atoms with E-state index < -0.39 is 0 Å². The van der Waals surface area contributed by atoms with E-state index in [4.69, 9.17) is 0 Å². The maximum atomic E-state index is 3.65. The Balaban J connectivity index is 2.22. The summed E-state index contributed by atoms with van der Waals surface area (Å²) in [5.41, 5.74) is 3.95. The SMILES string of the molecule is CCC(Nc1cccc(C)c1C)c1cccs1.